The van der Waals surface area contributed by atoms with Crippen molar-refractivity contribution in [1.29, 1.82) is 0 Å². The van der Waals surface area contributed by atoms with E-state index in [4.69, 9.17) is 0 Å². The van der Waals surface area contributed by atoms with Gasteiger partial charge in [0.2, 0.25) is 0 Å². The summed E-state index contributed by atoms with van der Waals surface area (Å²) in [5.74, 6) is -0.107. The molecule has 0 aliphatic heterocycles. The van der Waals surface area contributed by atoms with E-state index in [1.807, 2.05) is 25.2 Å². The molecule has 0 saturated carbocycles. The van der Waals surface area contributed by atoms with Gasteiger partial charge in [0, 0.05) is 23.5 Å². The summed E-state index contributed by atoms with van der Waals surface area (Å²) in [4.78, 5) is 0. The zero-order valence-electron chi connectivity index (χ0n) is 10.8. The van der Waals surface area contributed by atoms with Crippen molar-refractivity contribution < 1.29 is 4.39 Å². The van der Waals surface area contributed by atoms with Crippen molar-refractivity contribution in [2.45, 2.75) is 12.8 Å². The van der Waals surface area contributed by atoms with Gasteiger partial charge in [-0.15, -0.1) is 0 Å². The molecule has 1 aliphatic carbocycles. The predicted molar refractivity (Wildman–Crippen MR) is 75.7 cm³/mol. The Labute approximate surface area is 111 Å². The Bertz CT molecular complexity index is 798. The first-order chi connectivity index (χ1) is 9.27. The molecule has 0 amide bonds. The van der Waals surface area contributed by atoms with Gasteiger partial charge in [0.1, 0.15) is 5.82 Å². The molecule has 0 atom stereocenters. The molecule has 1 nitrogen and oxygen atoms in total. The van der Waals surface area contributed by atoms with Crippen LogP contribution in [0.2, 0.25) is 0 Å². The Morgan fingerprint density at radius 2 is 1.84 bits per heavy atom. The molecule has 0 spiro atoms. The monoisotopic (exact) mass is 251 g/mol. The van der Waals surface area contributed by atoms with E-state index in [1.54, 1.807) is 6.07 Å². The Morgan fingerprint density at radius 3 is 2.74 bits per heavy atom. The van der Waals surface area contributed by atoms with Crippen molar-refractivity contribution in [1.82, 2.24) is 4.57 Å². The van der Waals surface area contributed by atoms with Gasteiger partial charge in [-0.1, -0.05) is 30.3 Å². The lowest BCUT2D eigenvalue weighted by Crippen LogP contribution is -2.07. The number of rotatable bonds is 0. The van der Waals surface area contributed by atoms with E-state index in [1.165, 1.54) is 16.5 Å². The third kappa shape index (κ3) is 1.34. The van der Waals surface area contributed by atoms with Gasteiger partial charge in [-0.05, 0) is 36.1 Å². The van der Waals surface area contributed by atoms with Crippen molar-refractivity contribution in [3.8, 4) is 11.3 Å². The summed E-state index contributed by atoms with van der Waals surface area (Å²) in [5.41, 5.74) is 5.45. The SMILES string of the molecule is Cn1c2c(c3ccccc31)CCc1cccc(F)c1-2. The van der Waals surface area contributed by atoms with Crippen molar-refractivity contribution in [2.24, 2.45) is 7.05 Å². The number of nitrogens with zero attached hydrogens (tertiary/aromatic N) is 1. The second-order valence-electron chi connectivity index (χ2n) is 5.18. The van der Waals surface area contributed by atoms with Gasteiger partial charge in [-0.2, -0.15) is 0 Å². The summed E-state index contributed by atoms with van der Waals surface area (Å²) in [6, 6.07) is 13.7. The Morgan fingerprint density at radius 1 is 1.00 bits per heavy atom. The van der Waals surface area contributed by atoms with E-state index in [0.29, 0.717) is 0 Å². The summed E-state index contributed by atoms with van der Waals surface area (Å²) in [5, 5.41) is 1.26. The van der Waals surface area contributed by atoms with E-state index in [2.05, 4.69) is 22.8 Å². The van der Waals surface area contributed by atoms with Gasteiger partial charge in [-0.25, -0.2) is 4.39 Å². The predicted octanol–water partition coefficient (Wildman–Crippen LogP) is 4.08. The molecule has 0 unspecified atom stereocenters. The van der Waals surface area contributed by atoms with Crippen molar-refractivity contribution in [3.05, 3.63) is 59.4 Å². The van der Waals surface area contributed by atoms with Gasteiger partial charge >= 0.3 is 0 Å². The fourth-order valence-corrected chi connectivity index (χ4v) is 3.35. The van der Waals surface area contributed by atoms with Crippen LogP contribution < -0.4 is 0 Å². The van der Waals surface area contributed by atoms with Crippen LogP contribution in [0.5, 0.6) is 0 Å². The van der Waals surface area contributed by atoms with Crippen LogP contribution in [-0.2, 0) is 19.9 Å². The Hall–Kier alpha value is -2.09. The van der Waals surface area contributed by atoms with Gasteiger partial charge < -0.3 is 4.57 Å². The standard InChI is InChI=1S/C17H14FN/c1-19-15-8-3-2-6-12(15)13-10-9-11-5-4-7-14(18)16(11)17(13)19/h2-8H,9-10H2,1H3. The lowest BCUT2D eigenvalue weighted by atomic mass is 9.88. The van der Waals surface area contributed by atoms with E-state index in [0.717, 1.165) is 29.7 Å². The number of para-hydroxylation sites is 1. The number of halogens is 1. The van der Waals surface area contributed by atoms with E-state index in [-0.39, 0.29) is 5.82 Å². The van der Waals surface area contributed by atoms with Gasteiger partial charge in [0.05, 0.1) is 5.69 Å². The number of hydrogen-bond acceptors (Lipinski definition) is 0. The molecule has 0 bridgehead atoms. The lowest BCUT2D eigenvalue weighted by molar-refractivity contribution is 0.625. The molecule has 94 valence electrons. The summed E-state index contributed by atoms with van der Waals surface area (Å²) >= 11 is 0. The lowest BCUT2D eigenvalue weighted by Gasteiger charge is -2.19. The van der Waals surface area contributed by atoms with Gasteiger partial charge in [0.15, 0.2) is 0 Å². The van der Waals surface area contributed by atoms with Crippen LogP contribution in [0.3, 0.4) is 0 Å². The largest absolute Gasteiger partial charge is 0.343 e. The molecule has 0 saturated heterocycles. The molecular formula is C17H14FN. The number of aryl methyl sites for hydroxylation is 3. The molecule has 0 N–H and O–H groups in total. The normalized spacial score (nSPS) is 13.4. The zero-order valence-corrected chi connectivity index (χ0v) is 10.8. The number of benzene rings is 2. The second-order valence-corrected chi connectivity index (χ2v) is 5.18. The molecule has 0 radical (unpaired) electrons. The molecule has 3 aromatic rings. The minimum atomic E-state index is -0.107. The molecule has 1 aromatic heterocycles. The molecule has 2 aromatic carbocycles. The van der Waals surface area contributed by atoms with Crippen LogP contribution in [0.25, 0.3) is 22.2 Å². The van der Waals surface area contributed by atoms with Gasteiger partial charge in [-0.3, -0.25) is 0 Å². The number of aromatic nitrogens is 1. The Balaban J connectivity index is 2.18. The van der Waals surface area contributed by atoms with E-state index in [9.17, 15) is 4.39 Å². The minimum Gasteiger partial charge on any atom is -0.343 e. The number of hydrogen-bond donors (Lipinski definition) is 0. The fraction of sp³-hybridized carbons (Fsp3) is 0.176. The maximum Gasteiger partial charge on any atom is 0.132 e. The quantitative estimate of drug-likeness (QED) is 0.567. The molecule has 19 heavy (non-hydrogen) atoms. The molecular weight excluding hydrogens is 237 g/mol. The first kappa shape index (κ1) is 10.8. The van der Waals surface area contributed by atoms with Crippen LogP contribution in [-0.4, -0.2) is 4.57 Å². The molecule has 0 fully saturated rings. The summed E-state index contributed by atoms with van der Waals surface area (Å²) in [7, 11) is 2.03. The minimum absolute atomic E-state index is 0.107. The molecule has 2 heteroatoms. The molecule has 1 aliphatic rings. The second kappa shape index (κ2) is 3.70. The summed E-state index contributed by atoms with van der Waals surface area (Å²) < 4.78 is 16.4. The highest BCUT2D eigenvalue weighted by molar-refractivity contribution is 5.93. The molecule has 4 rings (SSSR count). The highest BCUT2D eigenvalue weighted by Crippen LogP contribution is 2.40. The molecule has 1 heterocycles. The highest BCUT2D eigenvalue weighted by atomic mass is 19.1. The average Bonchev–Trinajstić information content (AvgIpc) is 2.73. The van der Waals surface area contributed by atoms with Crippen LogP contribution in [0, 0.1) is 5.82 Å². The summed E-state index contributed by atoms with van der Waals surface area (Å²) in [6.07, 6.45) is 1.92. The number of fused-ring (bicyclic) bond motifs is 5. The van der Waals surface area contributed by atoms with Crippen LogP contribution in [0.15, 0.2) is 42.5 Å². The topological polar surface area (TPSA) is 4.93 Å². The maximum absolute atomic E-state index is 14.2. The first-order valence-electron chi connectivity index (χ1n) is 6.61. The van der Waals surface area contributed by atoms with Crippen molar-refractivity contribution in [3.63, 3.8) is 0 Å². The average molecular weight is 251 g/mol. The fourth-order valence-electron chi connectivity index (χ4n) is 3.35. The van der Waals surface area contributed by atoms with Crippen LogP contribution >= 0.6 is 0 Å². The van der Waals surface area contributed by atoms with E-state index >= 15 is 0 Å². The van der Waals surface area contributed by atoms with E-state index < -0.39 is 0 Å². The Kier molecular flexibility index (Phi) is 2.10. The van der Waals surface area contributed by atoms with Crippen molar-refractivity contribution >= 4 is 10.9 Å². The van der Waals surface area contributed by atoms with Crippen LogP contribution in [0.1, 0.15) is 11.1 Å². The van der Waals surface area contributed by atoms with Crippen LogP contribution in [0.4, 0.5) is 4.39 Å². The van der Waals surface area contributed by atoms with Crippen molar-refractivity contribution in [2.75, 3.05) is 0 Å². The smallest absolute Gasteiger partial charge is 0.132 e. The third-order valence-electron chi connectivity index (χ3n) is 4.19. The highest BCUT2D eigenvalue weighted by Gasteiger charge is 2.25. The first-order valence-corrected chi connectivity index (χ1v) is 6.61. The summed E-state index contributed by atoms with van der Waals surface area (Å²) in [6.45, 7) is 0. The third-order valence-corrected chi connectivity index (χ3v) is 4.19. The zero-order chi connectivity index (χ0) is 13.0. The maximum atomic E-state index is 14.2. The van der Waals surface area contributed by atoms with Gasteiger partial charge in [0.25, 0.3) is 0 Å².